The number of hydrogen-bond donors (Lipinski definition) is 3. The van der Waals surface area contributed by atoms with Gasteiger partial charge in [0.2, 0.25) is 0 Å². The Morgan fingerprint density at radius 1 is 0.962 bits per heavy atom. The first-order chi connectivity index (χ1) is 12.3. The first-order valence-corrected chi connectivity index (χ1v) is 9.34. The first-order valence-electron chi connectivity index (χ1n) is 9.34. The van der Waals surface area contributed by atoms with Crippen molar-refractivity contribution < 1.29 is 19.1 Å². The maximum Gasteiger partial charge on any atom is 0.407 e. The van der Waals surface area contributed by atoms with E-state index < -0.39 is 11.7 Å². The summed E-state index contributed by atoms with van der Waals surface area (Å²) in [5.74, 6) is 0.578. The second-order valence-electron chi connectivity index (χ2n) is 6.86. The molecule has 26 heavy (non-hydrogen) atoms. The molecule has 152 valence electrons. The van der Waals surface area contributed by atoms with E-state index in [1.165, 1.54) is 7.11 Å². The third-order valence-corrected chi connectivity index (χ3v) is 3.22. The van der Waals surface area contributed by atoms with Gasteiger partial charge in [-0.1, -0.05) is 12.8 Å². The molecule has 0 spiro atoms. The van der Waals surface area contributed by atoms with Crippen LogP contribution in [0.15, 0.2) is 4.99 Å². The third kappa shape index (κ3) is 15.5. The van der Waals surface area contributed by atoms with E-state index in [0.29, 0.717) is 26.1 Å². The van der Waals surface area contributed by atoms with Gasteiger partial charge < -0.3 is 25.4 Å². The minimum absolute atomic E-state index is 0.151. The molecule has 0 aromatic rings. The number of nitrogens with one attached hydrogen (secondary N) is 3. The molecule has 0 radical (unpaired) electrons. The van der Waals surface area contributed by atoms with E-state index >= 15 is 0 Å². The molecule has 8 heteroatoms. The number of guanidine groups is 1. The van der Waals surface area contributed by atoms with Gasteiger partial charge in [-0.15, -0.1) is 0 Å². The van der Waals surface area contributed by atoms with Crippen molar-refractivity contribution in [3.05, 3.63) is 0 Å². The van der Waals surface area contributed by atoms with Gasteiger partial charge in [0.05, 0.1) is 7.11 Å². The molecule has 0 bridgehead atoms. The second-order valence-corrected chi connectivity index (χ2v) is 6.86. The van der Waals surface area contributed by atoms with E-state index in [1.807, 2.05) is 27.7 Å². The highest BCUT2D eigenvalue weighted by atomic mass is 16.6. The van der Waals surface area contributed by atoms with E-state index in [9.17, 15) is 9.59 Å². The van der Waals surface area contributed by atoms with Crippen LogP contribution in [-0.2, 0) is 14.3 Å². The number of amides is 1. The molecular formula is C18H36N4O4. The average molecular weight is 373 g/mol. The van der Waals surface area contributed by atoms with Crippen LogP contribution >= 0.6 is 0 Å². The molecule has 0 aliphatic heterocycles. The lowest BCUT2D eigenvalue weighted by Crippen LogP contribution is -2.42. The third-order valence-electron chi connectivity index (χ3n) is 3.22. The van der Waals surface area contributed by atoms with Crippen LogP contribution in [0.3, 0.4) is 0 Å². The Labute approximate surface area is 157 Å². The summed E-state index contributed by atoms with van der Waals surface area (Å²) in [7, 11) is 1.41. The van der Waals surface area contributed by atoms with Crippen molar-refractivity contribution in [2.45, 2.75) is 65.4 Å². The highest BCUT2D eigenvalue weighted by molar-refractivity contribution is 5.79. The zero-order valence-corrected chi connectivity index (χ0v) is 16.9. The normalized spacial score (nSPS) is 11.7. The maximum absolute atomic E-state index is 11.6. The number of aliphatic imine (C=N–C) groups is 1. The number of nitrogens with zero attached hydrogens (tertiary/aromatic N) is 1. The average Bonchev–Trinajstić information content (AvgIpc) is 2.55. The van der Waals surface area contributed by atoms with Gasteiger partial charge in [-0.05, 0) is 40.5 Å². The van der Waals surface area contributed by atoms with Crippen molar-refractivity contribution in [2.24, 2.45) is 4.99 Å². The maximum atomic E-state index is 11.6. The van der Waals surface area contributed by atoms with Gasteiger partial charge in [0, 0.05) is 32.6 Å². The zero-order valence-electron chi connectivity index (χ0n) is 16.9. The molecule has 1 amide bonds. The van der Waals surface area contributed by atoms with Crippen LogP contribution in [-0.4, -0.2) is 56.9 Å². The molecule has 0 saturated heterocycles. The summed E-state index contributed by atoms with van der Waals surface area (Å²) in [5, 5.41) is 9.04. The number of unbranched alkanes of at least 4 members (excludes halogenated alkanes) is 3. The van der Waals surface area contributed by atoms with Crippen molar-refractivity contribution in [2.75, 3.05) is 33.3 Å². The lowest BCUT2D eigenvalue weighted by atomic mass is 10.1. The van der Waals surface area contributed by atoms with Crippen molar-refractivity contribution in [1.29, 1.82) is 0 Å². The Bertz CT molecular complexity index is 433. The monoisotopic (exact) mass is 372 g/mol. The number of ether oxygens (including phenoxy) is 2. The Morgan fingerprint density at radius 3 is 2.23 bits per heavy atom. The Hall–Kier alpha value is -1.99. The van der Waals surface area contributed by atoms with Crippen molar-refractivity contribution in [3.8, 4) is 0 Å². The van der Waals surface area contributed by atoms with Gasteiger partial charge >= 0.3 is 12.1 Å². The minimum Gasteiger partial charge on any atom is -0.469 e. The van der Waals surface area contributed by atoms with Crippen LogP contribution in [0.25, 0.3) is 0 Å². The molecule has 0 aliphatic rings. The van der Waals surface area contributed by atoms with Gasteiger partial charge in [-0.25, -0.2) is 4.79 Å². The smallest absolute Gasteiger partial charge is 0.407 e. The molecule has 0 unspecified atom stereocenters. The van der Waals surface area contributed by atoms with E-state index in [4.69, 9.17) is 4.74 Å². The standard InChI is InChI=1S/C18H36N4O4/c1-6-19-16(20-12-10-8-7-9-11-15(23)25-5)21-13-14-22-17(24)26-18(2,3)4/h6-14H2,1-5H3,(H,22,24)(H2,19,20,21). The summed E-state index contributed by atoms with van der Waals surface area (Å²) < 4.78 is 9.78. The highest BCUT2D eigenvalue weighted by Crippen LogP contribution is 2.06. The molecule has 0 atom stereocenters. The summed E-state index contributed by atoms with van der Waals surface area (Å²) in [5.41, 5.74) is -0.495. The van der Waals surface area contributed by atoms with Crippen LogP contribution < -0.4 is 16.0 Å². The number of alkyl carbamates (subject to hydrolysis) is 1. The quantitative estimate of drug-likeness (QED) is 0.222. The fourth-order valence-corrected chi connectivity index (χ4v) is 2.03. The molecule has 0 aliphatic carbocycles. The van der Waals surface area contributed by atoms with Gasteiger partial charge in [0.15, 0.2) is 5.96 Å². The van der Waals surface area contributed by atoms with E-state index in [0.717, 1.165) is 38.2 Å². The number of carbonyl (C=O) groups excluding carboxylic acids is 2. The Kier molecular flexibility index (Phi) is 13.1. The predicted molar refractivity (Wildman–Crippen MR) is 103 cm³/mol. The zero-order chi connectivity index (χ0) is 19.8. The van der Waals surface area contributed by atoms with E-state index in [-0.39, 0.29) is 5.97 Å². The molecule has 0 saturated carbocycles. The molecule has 0 aromatic carbocycles. The van der Waals surface area contributed by atoms with E-state index in [1.54, 1.807) is 0 Å². The van der Waals surface area contributed by atoms with Crippen LogP contribution in [0.1, 0.15) is 59.8 Å². The van der Waals surface area contributed by atoms with Gasteiger partial charge in [-0.2, -0.15) is 0 Å². The molecule has 0 fully saturated rings. The molecule has 0 aromatic heterocycles. The van der Waals surface area contributed by atoms with Gasteiger partial charge in [0.25, 0.3) is 0 Å². The molecule has 0 heterocycles. The molecule has 3 N–H and O–H groups in total. The van der Waals surface area contributed by atoms with Crippen LogP contribution in [0.4, 0.5) is 4.79 Å². The number of methoxy groups -OCH3 is 1. The number of carbonyl (C=O) groups is 2. The summed E-state index contributed by atoms with van der Waals surface area (Å²) in [6, 6.07) is 0. The highest BCUT2D eigenvalue weighted by Gasteiger charge is 2.15. The van der Waals surface area contributed by atoms with Crippen LogP contribution in [0.2, 0.25) is 0 Å². The van der Waals surface area contributed by atoms with Crippen LogP contribution in [0, 0.1) is 0 Å². The van der Waals surface area contributed by atoms with Gasteiger partial charge in [-0.3, -0.25) is 9.79 Å². The topological polar surface area (TPSA) is 101 Å². The summed E-state index contributed by atoms with van der Waals surface area (Å²) in [6.45, 7) is 9.99. The second kappa shape index (κ2) is 14.2. The van der Waals surface area contributed by atoms with Crippen molar-refractivity contribution in [3.63, 3.8) is 0 Å². The Morgan fingerprint density at radius 2 is 1.62 bits per heavy atom. The van der Waals surface area contributed by atoms with Gasteiger partial charge in [0.1, 0.15) is 5.60 Å². The minimum atomic E-state index is -0.495. The van der Waals surface area contributed by atoms with E-state index in [2.05, 4.69) is 25.7 Å². The van der Waals surface area contributed by atoms with Crippen LogP contribution in [0.5, 0.6) is 0 Å². The largest absolute Gasteiger partial charge is 0.469 e. The Balaban J connectivity index is 3.88. The number of rotatable bonds is 11. The fourth-order valence-electron chi connectivity index (χ4n) is 2.03. The number of hydrogen-bond acceptors (Lipinski definition) is 5. The summed E-state index contributed by atoms with van der Waals surface area (Å²) in [4.78, 5) is 27.1. The predicted octanol–water partition coefficient (Wildman–Crippen LogP) is 2.19. The molecule has 8 nitrogen and oxygen atoms in total. The molecule has 0 rings (SSSR count). The summed E-state index contributed by atoms with van der Waals surface area (Å²) in [6.07, 6.45) is 3.90. The summed E-state index contributed by atoms with van der Waals surface area (Å²) >= 11 is 0. The fraction of sp³-hybridized carbons (Fsp3) is 0.833. The molecular weight excluding hydrogens is 336 g/mol. The number of esters is 1. The van der Waals surface area contributed by atoms with Crippen molar-refractivity contribution in [1.82, 2.24) is 16.0 Å². The van der Waals surface area contributed by atoms with Crippen molar-refractivity contribution >= 4 is 18.0 Å². The lowest BCUT2D eigenvalue weighted by molar-refractivity contribution is -0.140. The first kappa shape index (κ1) is 24.0. The lowest BCUT2D eigenvalue weighted by Gasteiger charge is -2.19. The SMILES string of the molecule is CCNC(=NCCCCCCC(=O)OC)NCCNC(=O)OC(C)(C)C.